The average Bonchev–Trinajstić information content (AvgIpc) is 3.14. The minimum atomic E-state index is -0.873. The summed E-state index contributed by atoms with van der Waals surface area (Å²) in [4.78, 5) is 44.6. The predicted molar refractivity (Wildman–Crippen MR) is 129 cm³/mol. The molecule has 1 aromatic carbocycles. The highest BCUT2D eigenvalue weighted by Gasteiger charge is 2.73. The number of benzene rings is 1. The van der Waals surface area contributed by atoms with Crippen molar-refractivity contribution in [1.29, 1.82) is 0 Å². The monoisotopic (exact) mass is 482 g/mol. The molecule has 1 N–H and O–H groups in total. The van der Waals surface area contributed by atoms with Gasteiger partial charge in [-0.2, -0.15) is 0 Å². The normalized spacial score (nSPS) is 34.8. The molecule has 0 aromatic heterocycles. The number of hydrogen-bond donors (Lipinski definition) is 1. The number of esters is 1. The quantitative estimate of drug-likeness (QED) is 0.511. The zero-order valence-electron chi connectivity index (χ0n) is 19.3. The van der Waals surface area contributed by atoms with Gasteiger partial charge in [0.2, 0.25) is 11.8 Å². The van der Waals surface area contributed by atoms with Gasteiger partial charge >= 0.3 is 5.97 Å². The summed E-state index contributed by atoms with van der Waals surface area (Å²) >= 11 is 1.54. The Balaban J connectivity index is 1.58. The molecule has 2 amide bonds. The van der Waals surface area contributed by atoms with Crippen LogP contribution in [0, 0.1) is 11.8 Å². The summed E-state index contributed by atoms with van der Waals surface area (Å²) in [7, 11) is 0. The van der Waals surface area contributed by atoms with Gasteiger partial charge in [-0.1, -0.05) is 54.6 Å². The van der Waals surface area contributed by atoms with E-state index in [0.717, 1.165) is 5.56 Å². The predicted octanol–water partition coefficient (Wildman–Crippen LogP) is 2.16. The molecule has 0 radical (unpaired) electrons. The number of fused-ring (bicyclic) bond motifs is 2. The molecule has 0 saturated carbocycles. The minimum Gasteiger partial charge on any atom is -0.465 e. The van der Waals surface area contributed by atoms with E-state index in [1.807, 2.05) is 61.6 Å². The largest absolute Gasteiger partial charge is 0.465 e. The fraction of sp³-hybridized carbons (Fsp3) is 0.500. The Bertz CT molecular complexity index is 1040. The van der Waals surface area contributed by atoms with Crippen molar-refractivity contribution < 1.29 is 24.2 Å². The summed E-state index contributed by atoms with van der Waals surface area (Å²) < 4.78 is 4.01. The summed E-state index contributed by atoms with van der Waals surface area (Å²) in [6, 6.07) is 9.05. The zero-order chi connectivity index (χ0) is 23.9. The first-order valence-corrected chi connectivity index (χ1v) is 12.7. The van der Waals surface area contributed by atoms with Gasteiger partial charge in [0.15, 0.2) is 0 Å². The van der Waals surface area contributed by atoms with Crippen LogP contribution >= 0.6 is 11.8 Å². The van der Waals surface area contributed by atoms with Crippen LogP contribution in [-0.2, 0) is 25.7 Å². The van der Waals surface area contributed by atoms with Gasteiger partial charge in [0.1, 0.15) is 6.04 Å². The third-order valence-corrected chi connectivity index (χ3v) is 9.17. The van der Waals surface area contributed by atoms with E-state index in [1.165, 1.54) is 0 Å². The van der Waals surface area contributed by atoms with Gasteiger partial charge in [-0.15, -0.1) is 11.8 Å². The van der Waals surface area contributed by atoms with E-state index in [2.05, 4.69) is 0 Å². The van der Waals surface area contributed by atoms with Gasteiger partial charge in [0.05, 0.1) is 23.2 Å². The molecule has 2 saturated heterocycles. The van der Waals surface area contributed by atoms with E-state index in [9.17, 15) is 19.5 Å². The molecule has 180 valence electrons. The van der Waals surface area contributed by atoms with Crippen LogP contribution in [0.1, 0.15) is 25.3 Å². The second-order valence-electron chi connectivity index (χ2n) is 9.57. The van der Waals surface area contributed by atoms with Crippen LogP contribution in [0.15, 0.2) is 54.6 Å². The number of hydrogen-bond acceptors (Lipinski definition) is 6. The van der Waals surface area contributed by atoms with E-state index in [4.69, 9.17) is 4.74 Å². The molecule has 0 bridgehead atoms. The summed E-state index contributed by atoms with van der Waals surface area (Å²) in [5.41, 5.74) is 1.02. The lowest BCUT2D eigenvalue weighted by molar-refractivity contribution is -0.154. The fourth-order valence-electron chi connectivity index (χ4n) is 5.96. The summed E-state index contributed by atoms with van der Waals surface area (Å²) in [5.74, 6) is -2.07. The number of rotatable bonds is 5. The lowest BCUT2D eigenvalue weighted by Gasteiger charge is -2.37. The number of likely N-dealkylation sites (tertiary alicyclic amines) is 1. The Hall–Kier alpha value is -2.58. The lowest BCUT2D eigenvalue weighted by Crippen LogP contribution is -2.53. The Kier molecular flexibility index (Phi) is 6.06. The molecule has 5 rings (SSSR count). The smallest absolute Gasteiger partial charge is 0.311 e. The van der Waals surface area contributed by atoms with Gasteiger partial charge in [0.25, 0.3) is 0 Å². The molecular weight excluding hydrogens is 452 g/mol. The van der Waals surface area contributed by atoms with Crippen LogP contribution in [0.25, 0.3) is 0 Å². The second-order valence-corrected chi connectivity index (χ2v) is 11.4. The van der Waals surface area contributed by atoms with Crippen molar-refractivity contribution in [3.05, 3.63) is 60.2 Å². The van der Waals surface area contributed by atoms with Gasteiger partial charge in [-0.05, 0) is 25.3 Å². The van der Waals surface area contributed by atoms with E-state index >= 15 is 0 Å². The van der Waals surface area contributed by atoms with E-state index in [-0.39, 0.29) is 37.5 Å². The van der Waals surface area contributed by atoms with Crippen molar-refractivity contribution in [3.63, 3.8) is 0 Å². The van der Waals surface area contributed by atoms with Crippen molar-refractivity contribution in [2.75, 3.05) is 26.3 Å². The van der Waals surface area contributed by atoms with E-state index in [1.54, 1.807) is 21.6 Å². The van der Waals surface area contributed by atoms with Crippen LogP contribution in [-0.4, -0.2) is 74.5 Å². The molecule has 1 aromatic rings. The van der Waals surface area contributed by atoms with Gasteiger partial charge in [-0.3, -0.25) is 14.4 Å². The van der Waals surface area contributed by atoms with Gasteiger partial charge in [0, 0.05) is 31.0 Å². The first-order chi connectivity index (χ1) is 16.4. The number of nitrogens with zero attached hydrogens (tertiary/aromatic N) is 2. The Morgan fingerprint density at radius 1 is 1.09 bits per heavy atom. The third kappa shape index (κ3) is 3.58. The van der Waals surface area contributed by atoms with Crippen LogP contribution in [0.3, 0.4) is 0 Å². The molecule has 34 heavy (non-hydrogen) atoms. The molecule has 0 aliphatic carbocycles. The number of cyclic esters (lactones) is 1. The third-order valence-electron chi connectivity index (χ3n) is 7.38. The molecular formula is C26H30N2O5S. The highest BCUT2D eigenvalue weighted by Crippen LogP contribution is 2.65. The van der Waals surface area contributed by atoms with Crippen molar-refractivity contribution in [1.82, 2.24) is 9.80 Å². The molecule has 4 aliphatic rings. The molecule has 4 aliphatic heterocycles. The lowest BCUT2D eigenvalue weighted by atomic mass is 9.74. The van der Waals surface area contributed by atoms with Crippen molar-refractivity contribution in [2.45, 2.75) is 41.8 Å². The highest BCUT2D eigenvalue weighted by molar-refractivity contribution is 8.02. The molecule has 1 unspecified atom stereocenters. The first-order valence-electron chi connectivity index (χ1n) is 11.9. The van der Waals surface area contributed by atoms with Crippen LogP contribution in [0.5, 0.6) is 0 Å². The molecule has 5 atom stereocenters. The van der Waals surface area contributed by atoms with E-state index < -0.39 is 27.4 Å². The minimum absolute atomic E-state index is 0.0784. The number of carbonyl (C=O) groups excluding carboxylic acids is 3. The number of aliphatic hydroxyl groups excluding tert-OH is 1. The molecule has 2 fully saturated rings. The second kappa shape index (κ2) is 8.89. The summed E-state index contributed by atoms with van der Waals surface area (Å²) in [6.07, 6.45) is 9.02. The van der Waals surface area contributed by atoms with Gasteiger partial charge < -0.3 is 19.6 Å². The number of carbonyl (C=O) groups is 3. The standard InChI is InChI=1S/C26H30N2O5S/c1-25-11-5-6-16-33-24(32)20(25)19-22(30)28(14-8-15-29)21-23(31)27(13-7-12-26(19,21)34-25)17-18-9-3-2-4-10-18/h2-5,7,9-12,19-21,29H,6,8,13-17H2,1H3/t19-,20+,21?,25-,26-/m0/s1. The first kappa shape index (κ1) is 23.2. The Morgan fingerprint density at radius 3 is 2.65 bits per heavy atom. The van der Waals surface area contributed by atoms with Crippen molar-refractivity contribution in [2.24, 2.45) is 11.8 Å². The van der Waals surface area contributed by atoms with Crippen LogP contribution < -0.4 is 0 Å². The maximum absolute atomic E-state index is 14.1. The molecule has 8 heteroatoms. The molecule has 1 spiro atoms. The van der Waals surface area contributed by atoms with Crippen molar-refractivity contribution in [3.8, 4) is 0 Å². The molecule has 7 nitrogen and oxygen atoms in total. The Labute approximate surface area is 203 Å². The number of thioether (sulfide) groups is 1. The molecule has 4 heterocycles. The highest BCUT2D eigenvalue weighted by atomic mass is 32.2. The number of amides is 2. The maximum atomic E-state index is 14.1. The van der Waals surface area contributed by atoms with E-state index in [0.29, 0.717) is 25.9 Å². The van der Waals surface area contributed by atoms with Gasteiger partial charge in [-0.25, -0.2) is 0 Å². The maximum Gasteiger partial charge on any atom is 0.311 e. The Morgan fingerprint density at radius 2 is 1.88 bits per heavy atom. The van der Waals surface area contributed by atoms with Crippen LogP contribution in [0.2, 0.25) is 0 Å². The average molecular weight is 483 g/mol. The topological polar surface area (TPSA) is 87.1 Å². The summed E-state index contributed by atoms with van der Waals surface area (Å²) in [5, 5.41) is 9.48. The summed E-state index contributed by atoms with van der Waals surface area (Å²) in [6.45, 7) is 3.33. The van der Waals surface area contributed by atoms with Crippen molar-refractivity contribution >= 4 is 29.5 Å². The fourth-order valence-corrected chi connectivity index (χ4v) is 8.11. The zero-order valence-corrected chi connectivity index (χ0v) is 20.1. The number of ether oxygens (including phenoxy) is 1. The number of aliphatic hydroxyl groups is 1. The SMILES string of the molecule is C[C@]12C=CCCOC(=O)[C@H]1[C@H]1C(=O)N(CCCO)C3C(=O)N(Cc4ccccc4)CC=C[C@@]31S2. The van der Waals surface area contributed by atoms with Crippen LogP contribution in [0.4, 0.5) is 0 Å².